The Morgan fingerprint density at radius 1 is 0.966 bits per heavy atom. The highest BCUT2D eigenvalue weighted by atomic mass is 32.1. The summed E-state index contributed by atoms with van der Waals surface area (Å²) < 4.78 is 5.82. The molecule has 0 spiro atoms. The van der Waals surface area contributed by atoms with Crippen molar-refractivity contribution >= 4 is 22.4 Å². The van der Waals surface area contributed by atoms with Gasteiger partial charge in [0, 0.05) is 22.6 Å². The van der Waals surface area contributed by atoms with Gasteiger partial charge in [-0.1, -0.05) is 43.4 Å². The van der Waals surface area contributed by atoms with Crippen LogP contribution in [0.2, 0.25) is 0 Å². The third kappa shape index (κ3) is 4.07. The van der Waals surface area contributed by atoms with Crippen molar-refractivity contribution in [3.63, 3.8) is 0 Å². The summed E-state index contributed by atoms with van der Waals surface area (Å²) in [5.74, 6) is 0.906. The summed E-state index contributed by atoms with van der Waals surface area (Å²) in [5, 5.41) is 20.5. The summed E-state index contributed by atoms with van der Waals surface area (Å²) in [6.07, 6.45) is 0. The number of amides is 1. The molecule has 2 aromatic heterocycles. The SMILES string of the molecule is Cc1ccccc1-c1nnc(-c2ccc(C(=O)Nc3nnc(C(C)C)s3)cc2)o1. The van der Waals surface area contributed by atoms with Crippen LogP contribution in [0.4, 0.5) is 5.13 Å². The molecule has 0 radical (unpaired) electrons. The molecule has 0 aliphatic carbocycles. The zero-order valence-electron chi connectivity index (χ0n) is 16.2. The number of anilines is 1. The second-order valence-corrected chi connectivity index (χ2v) is 7.87. The highest BCUT2D eigenvalue weighted by Gasteiger charge is 2.14. The Bertz CT molecular complexity index is 1150. The lowest BCUT2D eigenvalue weighted by atomic mass is 10.1. The van der Waals surface area contributed by atoms with E-state index < -0.39 is 0 Å². The summed E-state index contributed by atoms with van der Waals surface area (Å²) in [4.78, 5) is 12.4. The van der Waals surface area contributed by atoms with Gasteiger partial charge in [-0.25, -0.2) is 0 Å². The Labute approximate surface area is 171 Å². The predicted molar refractivity (Wildman–Crippen MR) is 112 cm³/mol. The fourth-order valence-corrected chi connectivity index (χ4v) is 3.45. The van der Waals surface area contributed by atoms with Crippen LogP contribution in [0.15, 0.2) is 52.9 Å². The zero-order chi connectivity index (χ0) is 20.4. The molecule has 7 nitrogen and oxygen atoms in total. The van der Waals surface area contributed by atoms with Crippen molar-refractivity contribution in [3.05, 3.63) is 64.7 Å². The van der Waals surface area contributed by atoms with Crippen LogP contribution in [0.25, 0.3) is 22.9 Å². The monoisotopic (exact) mass is 405 g/mol. The highest BCUT2D eigenvalue weighted by molar-refractivity contribution is 7.15. The molecule has 0 aliphatic rings. The Hall–Kier alpha value is -3.39. The molecule has 0 atom stereocenters. The fraction of sp³-hybridized carbons (Fsp3) is 0.190. The van der Waals surface area contributed by atoms with E-state index in [0.717, 1.165) is 21.7 Å². The molecule has 29 heavy (non-hydrogen) atoms. The molecule has 146 valence electrons. The normalized spacial score (nSPS) is 11.0. The first-order valence-corrected chi connectivity index (χ1v) is 9.97. The Kier molecular flexibility index (Phi) is 5.18. The maximum absolute atomic E-state index is 12.4. The lowest BCUT2D eigenvalue weighted by Gasteiger charge is -2.02. The lowest BCUT2D eigenvalue weighted by molar-refractivity contribution is 0.102. The van der Waals surface area contributed by atoms with Crippen molar-refractivity contribution in [3.8, 4) is 22.9 Å². The Morgan fingerprint density at radius 3 is 2.38 bits per heavy atom. The number of aromatic nitrogens is 4. The van der Waals surface area contributed by atoms with E-state index in [-0.39, 0.29) is 11.8 Å². The van der Waals surface area contributed by atoms with Crippen molar-refractivity contribution in [2.75, 3.05) is 5.32 Å². The number of carbonyl (C=O) groups excluding carboxylic acids is 1. The summed E-state index contributed by atoms with van der Waals surface area (Å²) in [6, 6.07) is 14.8. The molecule has 0 fully saturated rings. The summed E-state index contributed by atoms with van der Waals surface area (Å²) in [7, 11) is 0. The van der Waals surface area contributed by atoms with Crippen LogP contribution < -0.4 is 5.32 Å². The average molecular weight is 405 g/mol. The topological polar surface area (TPSA) is 93.8 Å². The molecule has 2 aromatic carbocycles. The minimum absolute atomic E-state index is 0.242. The molecular formula is C21H19N5O2S. The van der Waals surface area contributed by atoms with E-state index >= 15 is 0 Å². The van der Waals surface area contributed by atoms with Crippen molar-refractivity contribution < 1.29 is 9.21 Å². The van der Waals surface area contributed by atoms with Crippen LogP contribution >= 0.6 is 11.3 Å². The lowest BCUT2D eigenvalue weighted by Crippen LogP contribution is -2.11. The molecule has 8 heteroatoms. The third-order valence-corrected chi connectivity index (χ3v) is 5.49. The number of carbonyl (C=O) groups is 1. The first-order chi connectivity index (χ1) is 14.0. The molecule has 1 amide bonds. The maximum Gasteiger partial charge on any atom is 0.257 e. The molecule has 0 aliphatic heterocycles. The standard InChI is InChI=1S/C21H19N5O2S/c1-12(2)20-25-26-21(29-20)22-17(27)14-8-10-15(11-9-14)18-23-24-19(28-18)16-7-5-4-6-13(16)3/h4-12H,1-3H3,(H,22,26,27). The van der Waals surface area contributed by atoms with E-state index in [1.54, 1.807) is 24.3 Å². The van der Waals surface area contributed by atoms with E-state index in [0.29, 0.717) is 22.5 Å². The van der Waals surface area contributed by atoms with Crippen LogP contribution in [0.1, 0.15) is 40.7 Å². The number of benzene rings is 2. The molecule has 2 heterocycles. The summed E-state index contributed by atoms with van der Waals surface area (Å²) in [6.45, 7) is 6.06. The first kappa shape index (κ1) is 18.9. The van der Waals surface area contributed by atoms with Crippen LogP contribution in [0.3, 0.4) is 0 Å². The number of nitrogens with one attached hydrogen (secondary N) is 1. The number of nitrogens with zero attached hydrogens (tertiary/aromatic N) is 4. The van der Waals surface area contributed by atoms with Gasteiger partial charge in [-0.2, -0.15) is 0 Å². The van der Waals surface area contributed by atoms with Crippen LogP contribution in [0, 0.1) is 6.92 Å². The van der Waals surface area contributed by atoms with Gasteiger partial charge in [0.15, 0.2) is 0 Å². The quantitative estimate of drug-likeness (QED) is 0.505. The van der Waals surface area contributed by atoms with Crippen molar-refractivity contribution in [2.24, 2.45) is 0 Å². The van der Waals surface area contributed by atoms with Gasteiger partial charge in [0.05, 0.1) is 0 Å². The molecule has 0 saturated carbocycles. The van der Waals surface area contributed by atoms with Crippen molar-refractivity contribution in [1.82, 2.24) is 20.4 Å². The maximum atomic E-state index is 12.4. The predicted octanol–water partition coefficient (Wildman–Crippen LogP) is 4.94. The van der Waals surface area contributed by atoms with E-state index in [1.807, 2.05) is 45.0 Å². The zero-order valence-corrected chi connectivity index (χ0v) is 17.0. The Balaban J connectivity index is 1.49. The second-order valence-electron chi connectivity index (χ2n) is 6.86. The summed E-state index contributed by atoms with van der Waals surface area (Å²) >= 11 is 1.38. The van der Waals surface area contributed by atoms with Crippen LogP contribution in [0.5, 0.6) is 0 Å². The molecule has 1 N–H and O–H groups in total. The van der Waals surface area contributed by atoms with Gasteiger partial charge in [0.2, 0.25) is 16.9 Å². The van der Waals surface area contributed by atoms with Gasteiger partial charge in [-0.3, -0.25) is 10.1 Å². The van der Waals surface area contributed by atoms with E-state index in [1.165, 1.54) is 11.3 Å². The van der Waals surface area contributed by atoms with Crippen molar-refractivity contribution in [2.45, 2.75) is 26.7 Å². The minimum Gasteiger partial charge on any atom is -0.416 e. The van der Waals surface area contributed by atoms with Gasteiger partial charge in [-0.15, -0.1) is 20.4 Å². The Morgan fingerprint density at radius 2 is 1.69 bits per heavy atom. The number of rotatable bonds is 5. The van der Waals surface area contributed by atoms with Gasteiger partial charge in [0.25, 0.3) is 5.91 Å². The molecule has 4 rings (SSSR count). The first-order valence-electron chi connectivity index (χ1n) is 9.16. The smallest absolute Gasteiger partial charge is 0.257 e. The average Bonchev–Trinajstić information content (AvgIpc) is 3.38. The van der Waals surface area contributed by atoms with Crippen molar-refractivity contribution in [1.29, 1.82) is 0 Å². The third-order valence-electron chi connectivity index (χ3n) is 4.35. The van der Waals surface area contributed by atoms with Crippen LogP contribution in [-0.2, 0) is 0 Å². The molecular weight excluding hydrogens is 386 g/mol. The van der Waals surface area contributed by atoms with E-state index in [4.69, 9.17) is 4.42 Å². The minimum atomic E-state index is -0.242. The van der Waals surface area contributed by atoms with E-state index in [9.17, 15) is 4.79 Å². The molecule has 0 unspecified atom stereocenters. The van der Waals surface area contributed by atoms with Gasteiger partial charge < -0.3 is 4.42 Å². The van der Waals surface area contributed by atoms with Crippen LogP contribution in [-0.4, -0.2) is 26.3 Å². The van der Waals surface area contributed by atoms with Gasteiger partial charge >= 0.3 is 0 Å². The van der Waals surface area contributed by atoms with Gasteiger partial charge in [0.1, 0.15) is 5.01 Å². The molecule has 4 aromatic rings. The molecule has 0 bridgehead atoms. The fourth-order valence-electron chi connectivity index (χ4n) is 2.71. The summed E-state index contributed by atoms with van der Waals surface area (Å²) in [5.41, 5.74) is 3.22. The van der Waals surface area contributed by atoms with E-state index in [2.05, 4.69) is 25.7 Å². The largest absolute Gasteiger partial charge is 0.416 e. The number of aryl methyl sites for hydroxylation is 1. The number of hydrogen-bond donors (Lipinski definition) is 1. The second kappa shape index (κ2) is 7.92. The number of hydrogen-bond acceptors (Lipinski definition) is 7. The van der Waals surface area contributed by atoms with Gasteiger partial charge in [-0.05, 0) is 42.8 Å². The molecule has 0 saturated heterocycles. The highest BCUT2D eigenvalue weighted by Crippen LogP contribution is 2.27.